The molecule has 3 heteroatoms. The smallest absolute Gasteiger partial charge is 0.0539 e. The van der Waals surface area contributed by atoms with Crippen LogP contribution in [-0.4, -0.2) is 16.7 Å². The average Bonchev–Trinajstić information content (AvgIpc) is 2.93. The molecular weight excluding hydrogens is 288 g/mol. The zero-order valence-electron chi connectivity index (χ0n) is 10.4. The van der Waals surface area contributed by atoms with Gasteiger partial charge < -0.3 is 5.32 Å². The summed E-state index contributed by atoms with van der Waals surface area (Å²) in [4.78, 5) is 0. The SMILES string of the molecule is Brn1cccc1.c1ccc(C2CCNCC2)cc1. The molecule has 0 atom stereocenters. The van der Waals surface area contributed by atoms with Gasteiger partial charge in [-0.1, -0.05) is 30.3 Å². The molecule has 0 aliphatic carbocycles. The maximum absolute atomic E-state index is 3.38. The van der Waals surface area contributed by atoms with Crippen LogP contribution in [0.25, 0.3) is 0 Å². The summed E-state index contributed by atoms with van der Waals surface area (Å²) in [6.45, 7) is 2.36. The second-order valence-electron chi connectivity index (χ2n) is 4.46. The standard InChI is InChI=1S/C11H15N.C4H4BrN/c1-2-4-10(5-3-1)11-6-8-12-9-7-11;5-6-3-1-2-4-6/h1-5,11-12H,6-9H2;1-4H. The Kier molecular flexibility index (Phi) is 5.49. The van der Waals surface area contributed by atoms with E-state index in [2.05, 4.69) is 51.8 Å². The lowest BCUT2D eigenvalue weighted by Crippen LogP contribution is -2.26. The van der Waals surface area contributed by atoms with Crippen molar-refractivity contribution in [3.05, 3.63) is 60.4 Å². The molecule has 0 radical (unpaired) electrons. The first-order valence-corrected chi connectivity index (χ1v) is 7.12. The first kappa shape index (κ1) is 13.4. The van der Waals surface area contributed by atoms with Crippen molar-refractivity contribution in [3.8, 4) is 0 Å². The molecule has 3 rings (SSSR count). The van der Waals surface area contributed by atoms with Gasteiger partial charge in [0.25, 0.3) is 0 Å². The fourth-order valence-electron chi connectivity index (χ4n) is 2.19. The summed E-state index contributed by atoms with van der Waals surface area (Å²) < 4.78 is 1.81. The molecule has 0 unspecified atom stereocenters. The van der Waals surface area contributed by atoms with Gasteiger partial charge in [0.2, 0.25) is 0 Å². The second-order valence-corrected chi connectivity index (χ2v) is 5.28. The van der Waals surface area contributed by atoms with Crippen molar-refractivity contribution < 1.29 is 0 Å². The van der Waals surface area contributed by atoms with E-state index in [1.807, 2.05) is 28.1 Å². The van der Waals surface area contributed by atoms with Crippen LogP contribution in [0.3, 0.4) is 0 Å². The van der Waals surface area contributed by atoms with E-state index in [9.17, 15) is 0 Å². The number of rotatable bonds is 1. The van der Waals surface area contributed by atoms with Crippen molar-refractivity contribution >= 4 is 16.1 Å². The fourth-order valence-corrected chi connectivity index (χ4v) is 2.47. The highest BCUT2D eigenvalue weighted by molar-refractivity contribution is 9.08. The number of hydrogen-bond acceptors (Lipinski definition) is 1. The highest BCUT2D eigenvalue weighted by Gasteiger charge is 2.13. The molecule has 1 aromatic heterocycles. The van der Waals surface area contributed by atoms with Crippen molar-refractivity contribution in [2.24, 2.45) is 0 Å². The summed E-state index contributed by atoms with van der Waals surface area (Å²) in [5.74, 6) is 0.799. The number of piperidine rings is 1. The van der Waals surface area contributed by atoms with E-state index < -0.39 is 0 Å². The third-order valence-corrected chi connectivity index (χ3v) is 3.65. The van der Waals surface area contributed by atoms with Crippen LogP contribution in [-0.2, 0) is 0 Å². The lowest BCUT2D eigenvalue weighted by atomic mass is 9.90. The molecule has 0 amide bonds. The quantitative estimate of drug-likeness (QED) is 0.848. The first-order chi connectivity index (χ1) is 8.86. The summed E-state index contributed by atoms with van der Waals surface area (Å²) in [5, 5.41) is 3.38. The fraction of sp³-hybridized carbons (Fsp3) is 0.333. The lowest BCUT2D eigenvalue weighted by Gasteiger charge is -2.22. The molecule has 0 bridgehead atoms. The van der Waals surface area contributed by atoms with Crippen LogP contribution in [0, 0.1) is 0 Å². The van der Waals surface area contributed by atoms with Crippen molar-refractivity contribution in [2.75, 3.05) is 13.1 Å². The molecule has 2 heterocycles. The second kappa shape index (κ2) is 7.39. The summed E-state index contributed by atoms with van der Waals surface area (Å²) in [6, 6.07) is 14.8. The Hall–Kier alpha value is -1.06. The van der Waals surface area contributed by atoms with Crippen molar-refractivity contribution in [1.82, 2.24) is 8.91 Å². The number of halogens is 1. The Morgan fingerprint density at radius 3 is 2.06 bits per heavy atom. The summed E-state index contributed by atoms with van der Waals surface area (Å²) in [7, 11) is 0. The molecule has 2 aromatic rings. The zero-order chi connectivity index (χ0) is 12.6. The van der Waals surface area contributed by atoms with Crippen LogP contribution in [0.15, 0.2) is 54.9 Å². The van der Waals surface area contributed by atoms with Gasteiger partial charge in [-0.15, -0.1) is 0 Å². The number of nitrogens with one attached hydrogen (secondary N) is 1. The maximum atomic E-state index is 3.38. The van der Waals surface area contributed by atoms with Gasteiger partial charge in [-0.05, 0) is 49.5 Å². The zero-order valence-corrected chi connectivity index (χ0v) is 12.0. The first-order valence-electron chi connectivity index (χ1n) is 6.41. The maximum Gasteiger partial charge on any atom is 0.0539 e. The van der Waals surface area contributed by atoms with Crippen molar-refractivity contribution in [3.63, 3.8) is 0 Å². The number of hydrogen-bond donors (Lipinski definition) is 1. The minimum absolute atomic E-state index is 0.799. The molecule has 0 saturated carbocycles. The third kappa shape index (κ3) is 4.31. The largest absolute Gasteiger partial charge is 0.317 e. The lowest BCUT2D eigenvalue weighted by molar-refractivity contribution is 0.460. The Bertz CT molecular complexity index is 419. The van der Waals surface area contributed by atoms with Crippen LogP contribution in [0.2, 0.25) is 0 Å². The Balaban J connectivity index is 0.000000169. The predicted molar refractivity (Wildman–Crippen MR) is 80.0 cm³/mol. The van der Waals surface area contributed by atoms with Crippen molar-refractivity contribution in [1.29, 1.82) is 0 Å². The van der Waals surface area contributed by atoms with Crippen molar-refractivity contribution in [2.45, 2.75) is 18.8 Å². The van der Waals surface area contributed by atoms with Gasteiger partial charge >= 0.3 is 0 Å². The Labute approximate surface area is 117 Å². The van der Waals surface area contributed by atoms with Gasteiger partial charge in [0, 0.05) is 12.4 Å². The van der Waals surface area contributed by atoms with Crippen LogP contribution in [0.5, 0.6) is 0 Å². The van der Waals surface area contributed by atoms with Crippen LogP contribution in [0.4, 0.5) is 0 Å². The van der Waals surface area contributed by atoms with E-state index in [-0.39, 0.29) is 0 Å². The predicted octanol–water partition coefficient (Wildman–Crippen LogP) is 3.80. The van der Waals surface area contributed by atoms with Crippen LogP contribution < -0.4 is 5.32 Å². The van der Waals surface area contributed by atoms with E-state index in [1.165, 1.54) is 31.5 Å². The molecule has 2 nitrogen and oxygen atoms in total. The van der Waals surface area contributed by atoms with E-state index in [1.54, 1.807) is 0 Å². The summed E-state index contributed by atoms with van der Waals surface area (Å²) >= 11 is 3.20. The van der Waals surface area contributed by atoms with Gasteiger partial charge in [-0.3, -0.25) is 3.59 Å². The molecule has 96 valence electrons. The number of benzene rings is 1. The monoisotopic (exact) mass is 306 g/mol. The minimum Gasteiger partial charge on any atom is -0.317 e. The normalized spacial score (nSPS) is 15.8. The molecule has 1 aromatic carbocycles. The van der Waals surface area contributed by atoms with Crippen LogP contribution >= 0.6 is 16.1 Å². The van der Waals surface area contributed by atoms with Gasteiger partial charge in [0.15, 0.2) is 0 Å². The Morgan fingerprint density at radius 2 is 1.56 bits per heavy atom. The molecule has 1 aliphatic rings. The van der Waals surface area contributed by atoms with Gasteiger partial charge in [-0.2, -0.15) is 0 Å². The van der Waals surface area contributed by atoms with E-state index >= 15 is 0 Å². The number of nitrogens with zero attached hydrogens (tertiary/aromatic N) is 1. The van der Waals surface area contributed by atoms with Gasteiger partial charge in [0.1, 0.15) is 0 Å². The molecule has 18 heavy (non-hydrogen) atoms. The topological polar surface area (TPSA) is 17.0 Å². The van der Waals surface area contributed by atoms with E-state index in [4.69, 9.17) is 0 Å². The molecule has 1 aliphatic heterocycles. The van der Waals surface area contributed by atoms with E-state index in [0.29, 0.717) is 0 Å². The molecule has 1 fully saturated rings. The Morgan fingerprint density at radius 1 is 0.944 bits per heavy atom. The summed E-state index contributed by atoms with van der Waals surface area (Å²) in [6.07, 6.45) is 6.42. The molecule has 0 spiro atoms. The molecule has 1 saturated heterocycles. The summed E-state index contributed by atoms with van der Waals surface area (Å²) in [5.41, 5.74) is 1.51. The number of aromatic nitrogens is 1. The highest BCUT2D eigenvalue weighted by atomic mass is 79.9. The minimum atomic E-state index is 0.799. The average molecular weight is 307 g/mol. The molecular formula is C15H19BrN2. The van der Waals surface area contributed by atoms with Crippen LogP contribution in [0.1, 0.15) is 24.3 Å². The third-order valence-electron chi connectivity index (χ3n) is 3.18. The highest BCUT2D eigenvalue weighted by Crippen LogP contribution is 2.24. The van der Waals surface area contributed by atoms with Gasteiger partial charge in [-0.25, -0.2) is 0 Å². The molecule has 1 N–H and O–H groups in total. The van der Waals surface area contributed by atoms with Gasteiger partial charge in [0.05, 0.1) is 16.1 Å². The van der Waals surface area contributed by atoms with E-state index in [0.717, 1.165) is 5.92 Å².